The van der Waals surface area contributed by atoms with Crippen molar-refractivity contribution in [1.29, 1.82) is 0 Å². The van der Waals surface area contributed by atoms with Gasteiger partial charge in [-0.1, -0.05) is 6.58 Å². The van der Waals surface area contributed by atoms with Crippen LogP contribution in [0, 0.1) is 0 Å². The maximum Gasteiger partial charge on any atom is 0.145 e. The van der Waals surface area contributed by atoms with Gasteiger partial charge in [0.05, 0.1) is 6.10 Å². The number of carbonyl (C=O) groups excluding carboxylic acids is 1. The largest absolute Gasteiger partial charge is 0.393 e. The summed E-state index contributed by atoms with van der Waals surface area (Å²) in [6.07, 6.45) is 1.61. The molecule has 0 aromatic rings. The van der Waals surface area contributed by atoms with Crippen molar-refractivity contribution in [2.75, 3.05) is 0 Å². The highest BCUT2D eigenvalue weighted by Crippen LogP contribution is 2.01. The Hall–Kier alpha value is -0.630. The molecule has 0 aliphatic heterocycles. The fourth-order valence-corrected chi connectivity index (χ4v) is 0.453. The summed E-state index contributed by atoms with van der Waals surface area (Å²) >= 11 is 0. The first-order valence-corrected chi connectivity index (χ1v) is 2.98. The molecule has 0 saturated heterocycles. The maximum absolute atomic E-state index is 9.94. The zero-order valence-corrected chi connectivity index (χ0v) is 5.63. The third-order valence-electron chi connectivity index (χ3n) is 1.05. The van der Waals surface area contributed by atoms with Crippen LogP contribution in [0.15, 0.2) is 12.2 Å². The molecule has 0 amide bonds. The van der Waals surface area contributed by atoms with E-state index in [2.05, 4.69) is 6.58 Å². The van der Waals surface area contributed by atoms with E-state index in [9.17, 15) is 4.79 Å². The zero-order valence-electron chi connectivity index (χ0n) is 5.63. The lowest BCUT2D eigenvalue weighted by Crippen LogP contribution is -1.99. The Kier molecular flexibility index (Phi) is 3.97. The van der Waals surface area contributed by atoms with Crippen LogP contribution in [0.5, 0.6) is 0 Å². The maximum atomic E-state index is 9.94. The molecule has 0 aromatic carbocycles. The number of hydrogen-bond acceptors (Lipinski definition) is 2. The summed E-state index contributed by atoms with van der Waals surface area (Å²) in [5, 5.41) is 8.74. The highest BCUT2D eigenvalue weighted by Gasteiger charge is 1.96. The molecule has 1 N–H and O–H groups in total. The van der Waals surface area contributed by atoms with Crippen LogP contribution in [0.1, 0.15) is 19.8 Å². The lowest BCUT2D eigenvalue weighted by atomic mass is 10.1. The molecule has 0 heterocycles. The van der Waals surface area contributed by atoms with Gasteiger partial charge in [-0.2, -0.15) is 0 Å². The van der Waals surface area contributed by atoms with Crippen LogP contribution in [0.2, 0.25) is 0 Å². The van der Waals surface area contributed by atoms with E-state index in [1.807, 2.05) is 0 Å². The van der Waals surface area contributed by atoms with E-state index in [0.29, 0.717) is 18.4 Å². The molecule has 9 heavy (non-hydrogen) atoms. The average molecular weight is 128 g/mol. The summed E-state index contributed by atoms with van der Waals surface area (Å²) in [5.41, 5.74) is 0.552. The zero-order chi connectivity index (χ0) is 7.28. The Balaban J connectivity index is 3.27. The van der Waals surface area contributed by atoms with Gasteiger partial charge in [0.25, 0.3) is 0 Å². The van der Waals surface area contributed by atoms with Gasteiger partial charge in [0, 0.05) is 0 Å². The molecule has 0 aromatic heterocycles. The third kappa shape index (κ3) is 5.24. The summed E-state index contributed by atoms with van der Waals surface area (Å²) < 4.78 is 0. The van der Waals surface area contributed by atoms with E-state index >= 15 is 0 Å². The Morgan fingerprint density at radius 2 is 2.44 bits per heavy atom. The van der Waals surface area contributed by atoms with Crippen LogP contribution in [0.3, 0.4) is 0 Å². The second-order valence-electron chi connectivity index (χ2n) is 2.16. The normalized spacial score (nSPS) is 12.7. The molecule has 2 nitrogen and oxygen atoms in total. The molecule has 0 bridgehead atoms. The number of aliphatic hydroxyl groups excluding tert-OH is 1. The van der Waals surface area contributed by atoms with Gasteiger partial charge < -0.3 is 5.11 Å². The highest BCUT2D eigenvalue weighted by atomic mass is 16.3. The molecular formula is C7H12O2. The van der Waals surface area contributed by atoms with E-state index in [-0.39, 0.29) is 6.10 Å². The van der Waals surface area contributed by atoms with E-state index in [4.69, 9.17) is 5.11 Å². The van der Waals surface area contributed by atoms with Crippen LogP contribution in [0.25, 0.3) is 0 Å². The summed E-state index contributed by atoms with van der Waals surface area (Å²) in [4.78, 5) is 9.94. The van der Waals surface area contributed by atoms with Crippen molar-refractivity contribution in [2.45, 2.75) is 25.9 Å². The van der Waals surface area contributed by atoms with Crippen molar-refractivity contribution >= 4 is 6.29 Å². The van der Waals surface area contributed by atoms with Crippen molar-refractivity contribution in [2.24, 2.45) is 0 Å². The van der Waals surface area contributed by atoms with Crippen LogP contribution in [-0.4, -0.2) is 17.5 Å². The van der Waals surface area contributed by atoms with Gasteiger partial charge >= 0.3 is 0 Å². The van der Waals surface area contributed by atoms with Crippen molar-refractivity contribution in [3.8, 4) is 0 Å². The SMILES string of the molecule is C=C(C=O)CCC(C)O. The molecule has 1 unspecified atom stereocenters. The van der Waals surface area contributed by atoms with Crippen LogP contribution in [-0.2, 0) is 4.79 Å². The Labute approximate surface area is 55.2 Å². The van der Waals surface area contributed by atoms with Gasteiger partial charge in [-0.05, 0) is 25.3 Å². The molecule has 0 saturated carbocycles. The predicted octanol–water partition coefficient (Wildman–Crippen LogP) is 0.902. The monoisotopic (exact) mass is 128 g/mol. The molecule has 0 spiro atoms. The summed E-state index contributed by atoms with van der Waals surface area (Å²) in [6.45, 7) is 5.16. The minimum Gasteiger partial charge on any atom is -0.393 e. The van der Waals surface area contributed by atoms with Gasteiger partial charge in [-0.3, -0.25) is 4.79 Å². The second-order valence-corrected chi connectivity index (χ2v) is 2.16. The van der Waals surface area contributed by atoms with E-state index in [1.165, 1.54) is 0 Å². The van der Waals surface area contributed by atoms with Gasteiger partial charge in [-0.15, -0.1) is 0 Å². The van der Waals surface area contributed by atoms with Gasteiger partial charge in [0.1, 0.15) is 6.29 Å². The number of allylic oxidation sites excluding steroid dienone is 1. The number of carbonyl (C=O) groups is 1. The summed E-state index contributed by atoms with van der Waals surface area (Å²) in [6, 6.07) is 0. The van der Waals surface area contributed by atoms with Gasteiger partial charge in [0.15, 0.2) is 0 Å². The molecule has 0 rings (SSSR count). The topological polar surface area (TPSA) is 37.3 Å². The standard InChI is InChI=1S/C7H12O2/c1-6(5-8)3-4-7(2)9/h5,7,9H,1,3-4H2,2H3. The smallest absolute Gasteiger partial charge is 0.145 e. The van der Waals surface area contributed by atoms with Crippen LogP contribution >= 0.6 is 0 Å². The summed E-state index contributed by atoms with van der Waals surface area (Å²) in [7, 11) is 0. The van der Waals surface area contributed by atoms with Gasteiger partial charge in [-0.25, -0.2) is 0 Å². The third-order valence-corrected chi connectivity index (χ3v) is 1.05. The lowest BCUT2D eigenvalue weighted by molar-refractivity contribution is -0.105. The second kappa shape index (κ2) is 4.27. The lowest BCUT2D eigenvalue weighted by Gasteiger charge is -2.00. The summed E-state index contributed by atoms with van der Waals surface area (Å²) in [5.74, 6) is 0. The first-order chi connectivity index (χ1) is 4.16. The quantitative estimate of drug-likeness (QED) is 0.451. The molecule has 2 heteroatoms. The Bertz CT molecular complexity index is 105. The first-order valence-electron chi connectivity index (χ1n) is 2.98. The first kappa shape index (κ1) is 8.37. The Morgan fingerprint density at radius 3 is 2.78 bits per heavy atom. The predicted molar refractivity (Wildman–Crippen MR) is 36.1 cm³/mol. The number of aldehydes is 1. The molecule has 0 fully saturated rings. The number of aliphatic hydroxyl groups is 1. The Morgan fingerprint density at radius 1 is 1.89 bits per heavy atom. The molecule has 0 aliphatic carbocycles. The molecule has 0 radical (unpaired) electrons. The van der Waals surface area contributed by atoms with Crippen molar-refractivity contribution in [3.05, 3.63) is 12.2 Å². The number of hydrogen-bond donors (Lipinski definition) is 1. The molecule has 1 atom stereocenters. The fraction of sp³-hybridized carbons (Fsp3) is 0.571. The van der Waals surface area contributed by atoms with Crippen molar-refractivity contribution in [3.63, 3.8) is 0 Å². The van der Waals surface area contributed by atoms with E-state index < -0.39 is 0 Å². The number of rotatable bonds is 4. The van der Waals surface area contributed by atoms with Crippen LogP contribution in [0.4, 0.5) is 0 Å². The van der Waals surface area contributed by atoms with Crippen molar-refractivity contribution < 1.29 is 9.90 Å². The average Bonchev–Trinajstić information content (AvgIpc) is 1.83. The molecule has 0 aliphatic rings. The van der Waals surface area contributed by atoms with E-state index in [1.54, 1.807) is 6.92 Å². The molecule has 52 valence electrons. The van der Waals surface area contributed by atoms with E-state index in [0.717, 1.165) is 6.29 Å². The van der Waals surface area contributed by atoms with Crippen LogP contribution < -0.4 is 0 Å². The molecular weight excluding hydrogens is 116 g/mol. The minimum atomic E-state index is -0.332. The highest BCUT2D eigenvalue weighted by molar-refractivity contribution is 5.71. The minimum absolute atomic E-state index is 0.332. The fourth-order valence-electron chi connectivity index (χ4n) is 0.453. The van der Waals surface area contributed by atoms with Crippen molar-refractivity contribution in [1.82, 2.24) is 0 Å². The van der Waals surface area contributed by atoms with Gasteiger partial charge in [0.2, 0.25) is 0 Å².